The van der Waals surface area contributed by atoms with E-state index in [1.165, 1.54) is 23.4 Å². The van der Waals surface area contributed by atoms with Gasteiger partial charge in [-0.3, -0.25) is 9.36 Å². The van der Waals surface area contributed by atoms with Gasteiger partial charge in [0.15, 0.2) is 5.16 Å². The summed E-state index contributed by atoms with van der Waals surface area (Å²) < 4.78 is 6.00. The second kappa shape index (κ2) is 5.59. The van der Waals surface area contributed by atoms with Gasteiger partial charge in [0.1, 0.15) is 0 Å². The Morgan fingerprint density at radius 1 is 1.67 bits per heavy atom. The van der Waals surface area contributed by atoms with Gasteiger partial charge in [0.05, 0.1) is 12.9 Å². The lowest BCUT2D eigenvalue weighted by Gasteiger charge is -2.02. The highest BCUT2D eigenvalue weighted by Gasteiger charge is 2.10. The van der Waals surface area contributed by atoms with Gasteiger partial charge in [0.25, 0.3) is 0 Å². The lowest BCUT2D eigenvalue weighted by molar-refractivity contribution is -0.137. The van der Waals surface area contributed by atoms with Crippen molar-refractivity contribution in [3.63, 3.8) is 0 Å². The number of methoxy groups -OCH3 is 1. The van der Waals surface area contributed by atoms with E-state index < -0.39 is 0 Å². The van der Waals surface area contributed by atoms with E-state index in [0.717, 1.165) is 6.42 Å². The Morgan fingerprint density at radius 2 is 2.40 bits per heavy atom. The maximum absolute atomic E-state index is 11.3. The Bertz CT molecular complexity index is 385. The molecule has 0 aliphatic heterocycles. The number of carbonyl (C=O) groups excluding carboxylic acids is 1. The molecule has 0 unspecified atom stereocenters. The van der Waals surface area contributed by atoms with Gasteiger partial charge in [-0.25, -0.2) is 9.89 Å². The van der Waals surface area contributed by atoms with Crippen LogP contribution in [-0.2, 0) is 16.1 Å². The molecular formula is C8H13N3O3S. The summed E-state index contributed by atoms with van der Waals surface area (Å²) in [5.41, 5.74) is -0.246. The number of ether oxygens (including phenoxy) is 1. The van der Waals surface area contributed by atoms with Gasteiger partial charge in [-0.2, -0.15) is 0 Å². The zero-order chi connectivity index (χ0) is 11.3. The third-order valence-electron chi connectivity index (χ3n) is 1.72. The van der Waals surface area contributed by atoms with E-state index >= 15 is 0 Å². The predicted molar refractivity (Wildman–Crippen MR) is 55.9 cm³/mol. The molecule has 6 nitrogen and oxygen atoms in total. The summed E-state index contributed by atoms with van der Waals surface area (Å²) in [4.78, 5) is 22.2. The first kappa shape index (κ1) is 11.8. The molecule has 84 valence electrons. The largest absolute Gasteiger partial charge is 0.468 e. The average molecular weight is 231 g/mol. The number of hydrogen-bond donors (Lipinski definition) is 1. The molecule has 1 N–H and O–H groups in total. The zero-order valence-corrected chi connectivity index (χ0v) is 9.47. The topological polar surface area (TPSA) is 77.0 Å². The van der Waals surface area contributed by atoms with Crippen molar-refractivity contribution in [3.05, 3.63) is 10.5 Å². The lowest BCUT2D eigenvalue weighted by atomic mass is 10.5. The number of aromatic amines is 1. The molecule has 0 bridgehead atoms. The maximum atomic E-state index is 11.3. The van der Waals surface area contributed by atoms with Crippen molar-refractivity contribution in [1.82, 2.24) is 14.8 Å². The highest BCUT2D eigenvalue weighted by molar-refractivity contribution is 7.99. The second-order valence-electron chi connectivity index (χ2n) is 2.83. The minimum atomic E-state index is -0.335. The smallest absolute Gasteiger partial charge is 0.343 e. The average Bonchev–Trinajstić information content (AvgIpc) is 2.58. The summed E-state index contributed by atoms with van der Waals surface area (Å²) in [7, 11) is 1.33. The first-order chi connectivity index (χ1) is 7.19. The molecule has 1 rings (SSSR count). The van der Waals surface area contributed by atoms with E-state index in [2.05, 4.69) is 14.9 Å². The molecule has 0 fully saturated rings. The van der Waals surface area contributed by atoms with Crippen molar-refractivity contribution in [2.45, 2.75) is 25.0 Å². The minimum absolute atomic E-state index is 0.157. The maximum Gasteiger partial charge on any atom is 0.343 e. The summed E-state index contributed by atoms with van der Waals surface area (Å²) in [5, 5.41) is 6.69. The molecule has 0 aliphatic rings. The number of rotatable bonds is 5. The summed E-state index contributed by atoms with van der Waals surface area (Å²) in [5.74, 6) is -0.177. The molecule has 0 atom stereocenters. The molecule has 0 aliphatic carbocycles. The highest BCUT2D eigenvalue weighted by atomic mass is 32.2. The molecule has 1 aromatic rings. The van der Waals surface area contributed by atoms with E-state index in [0.29, 0.717) is 11.7 Å². The molecule has 0 spiro atoms. The molecule has 15 heavy (non-hydrogen) atoms. The minimum Gasteiger partial charge on any atom is -0.468 e. The van der Waals surface area contributed by atoms with Crippen LogP contribution in [0.15, 0.2) is 9.95 Å². The molecule has 0 saturated carbocycles. The summed E-state index contributed by atoms with van der Waals surface area (Å²) in [6.07, 6.45) is 0.839. The van der Waals surface area contributed by atoms with Crippen LogP contribution in [0.3, 0.4) is 0 Å². The number of nitrogens with zero attached hydrogens (tertiary/aromatic N) is 2. The third-order valence-corrected chi connectivity index (χ3v) is 2.67. The molecule has 1 aromatic heterocycles. The standard InChI is InChI=1S/C8H13N3O3S/c1-3-4-11-7(13)9-10-8(11)15-5-6(12)14-2/h3-5H2,1-2H3,(H,9,13). The van der Waals surface area contributed by atoms with Crippen LogP contribution in [0.1, 0.15) is 13.3 Å². The fraction of sp³-hybridized carbons (Fsp3) is 0.625. The van der Waals surface area contributed by atoms with E-state index in [4.69, 9.17) is 0 Å². The Labute approximate surface area is 91.0 Å². The number of nitrogens with one attached hydrogen (secondary N) is 1. The van der Waals surface area contributed by atoms with Crippen LogP contribution in [0.25, 0.3) is 0 Å². The summed E-state index contributed by atoms with van der Waals surface area (Å²) >= 11 is 1.19. The molecular weight excluding hydrogens is 218 g/mol. The van der Waals surface area contributed by atoms with Crippen LogP contribution >= 0.6 is 11.8 Å². The van der Waals surface area contributed by atoms with Crippen LogP contribution in [0, 0.1) is 0 Å². The van der Waals surface area contributed by atoms with Crippen LogP contribution in [0.4, 0.5) is 0 Å². The molecule has 0 radical (unpaired) electrons. The van der Waals surface area contributed by atoms with Crippen molar-refractivity contribution in [2.24, 2.45) is 0 Å². The van der Waals surface area contributed by atoms with Gasteiger partial charge in [0.2, 0.25) is 0 Å². The molecule has 7 heteroatoms. The number of thioether (sulfide) groups is 1. The van der Waals surface area contributed by atoms with Crippen molar-refractivity contribution in [3.8, 4) is 0 Å². The van der Waals surface area contributed by atoms with E-state index in [9.17, 15) is 9.59 Å². The quantitative estimate of drug-likeness (QED) is 0.580. The van der Waals surface area contributed by atoms with Crippen molar-refractivity contribution in [2.75, 3.05) is 12.9 Å². The van der Waals surface area contributed by atoms with Gasteiger partial charge in [-0.15, -0.1) is 5.10 Å². The first-order valence-electron chi connectivity index (χ1n) is 4.53. The fourth-order valence-corrected chi connectivity index (χ4v) is 1.82. The summed E-state index contributed by atoms with van der Waals surface area (Å²) in [6, 6.07) is 0. The van der Waals surface area contributed by atoms with Crippen LogP contribution in [0.5, 0.6) is 0 Å². The number of H-pyrrole nitrogens is 1. The van der Waals surface area contributed by atoms with Crippen molar-refractivity contribution in [1.29, 1.82) is 0 Å². The molecule has 0 aromatic carbocycles. The highest BCUT2D eigenvalue weighted by Crippen LogP contribution is 2.13. The van der Waals surface area contributed by atoms with Crippen LogP contribution < -0.4 is 5.69 Å². The van der Waals surface area contributed by atoms with Gasteiger partial charge in [-0.1, -0.05) is 18.7 Å². The van der Waals surface area contributed by atoms with Gasteiger partial charge in [0, 0.05) is 6.54 Å². The normalized spacial score (nSPS) is 10.3. The number of carbonyl (C=O) groups is 1. The van der Waals surface area contributed by atoms with Crippen molar-refractivity contribution >= 4 is 17.7 Å². The number of esters is 1. The Hall–Kier alpha value is -1.24. The van der Waals surface area contributed by atoms with Gasteiger partial charge in [-0.05, 0) is 6.42 Å². The Morgan fingerprint density at radius 3 is 3.00 bits per heavy atom. The molecule has 0 amide bonds. The monoisotopic (exact) mass is 231 g/mol. The SMILES string of the molecule is CCCn1c(SCC(=O)OC)n[nH]c1=O. The Kier molecular flexibility index (Phi) is 4.41. The van der Waals surface area contributed by atoms with Crippen molar-refractivity contribution < 1.29 is 9.53 Å². The van der Waals surface area contributed by atoms with Crippen LogP contribution in [0.2, 0.25) is 0 Å². The first-order valence-corrected chi connectivity index (χ1v) is 5.52. The summed E-state index contributed by atoms with van der Waals surface area (Å²) in [6.45, 7) is 2.56. The molecule has 1 heterocycles. The second-order valence-corrected chi connectivity index (χ2v) is 3.77. The van der Waals surface area contributed by atoms with Gasteiger partial charge >= 0.3 is 11.7 Å². The zero-order valence-electron chi connectivity index (χ0n) is 8.65. The number of hydrogen-bond acceptors (Lipinski definition) is 5. The predicted octanol–water partition coefficient (Wildman–Crippen LogP) is 0.246. The lowest BCUT2D eigenvalue weighted by Crippen LogP contribution is -2.17. The van der Waals surface area contributed by atoms with E-state index in [1.54, 1.807) is 0 Å². The number of aromatic nitrogens is 3. The Balaban J connectivity index is 2.68. The molecule has 0 saturated heterocycles. The third kappa shape index (κ3) is 3.12. The van der Waals surface area contributed by atoms with Gasteiger partial charge < -0.3 is 4.74 Å². The van der Waals surface area contributed by atoms with E-state index in [1.807, 2.05) is 6.92 Å². The van der Waals surface area contributed by atoms with Crippen LogP contribution in [-0.4, -0.2) is 33.6 Å². The van der Waals surface area contributed by atoms with E-state index in [-0.39, 0.29) is 17.4 Å². The fourth-order valence-electron chi connectivity index (χ4n) is 1.02.